The van der Waals surface area contributed by atoms with Gasteiger partial charge in [-0.2, -0.15) is 0 Å². The molecule has 0 amide bonds. The molecule has 0 heterocycles. The summed E-state index contributed by atoms with van der Waals surface area (Å²) in [5.41, 5.74) is 8.84. The molecule has 1 atom stereocenters. The number of rotatable bonds is 3. The molecule has 0 unspecified atom stereocenters. The van der Waals surface area contributed by atoms with Crippen molar-refractivity contribution in [1.82, 2.24) is 0 Å². The molecular weight excluding hydrogens is 276 g/mol. The molecule has 0 aromatic rings. The molecule has 2 aliphatic rings. The van der Waals surface area contributed by atoms with E-state index in [1.165, 1.54) is 48.0 Å². The number of allylic oxidation sites excluding steroid dienone is 8. The van der Waals surface area contributed by atoms with Crippen LogP contribution in [0.3, 0.4) is 0 Å². The van der Waals surface area contributed by atoms with Crippen molar-refractivity contribution in [3.8, 4) is 0 Å². The van der Waals surface area contributed by atoms with Gasteiger partial charge < -0.3 is 0 Å². The second-order valence-electron chi connectivity index (χ2n) is 8.44. The van der Waals surface area contributed by atoms with E-state index in [0.717, 1.165) is 18.8 Å². The molecule has 0 aromatic heterocycles. The molecule has 126 valence electrons. The molecule has 0 heteroatoms. The maximum Gasteiger partial charge on any atom is -0.0225 e. The molecule has 0 saturated heterocycles. The standard InChI is InChI=1S/C23H34/c1-8-18-11-12-22(23(5,6)7)15-21(18)14-20-13-19(16(2)3)10-9-17(20)4/h13-14,22H,2,4,8-12,15H2,1,3,5-7H3/b20-14-/t22-/m0/s1. The van der Waals surface area contributed by atoms with E-state index in [1.807, 2.05) is 0 Å². The van der Waals surface area contributed by atoms with Gasteiger partial charge in [-0.25, -0.2) is 0 Å². The number of hydrogen-bond donors (Lipinski definition) is 0. The van der Waals surface area contributed by atoms with Crippen LogP contribution in [0, 0.1) is 11.3 Å². The predicted molar refractivity (Wildman–Crippen MR) is 103 cm³/mol. The fourth-order valence-corrected chi connectivity index (χ4v) is 3.78. The largest absolute Gasteiger partial charge is 0.0958 e. The molecule has 2 rings (SSSR count). The van der Waals surface area contributed by atoms with Crippen LogP contribution in [-0.2, 0) is 0 Å². The van der Waals surface area contributed by atoms with Crippen molar-refractivity contribution in [3.63, 3.8) is 0 Å². The second kappa shape index (κ2) is 7.07. The van der Waals surface area contributed by atoms with Crippen LogP contribution < -0.4 is 0 Å². The highest BCUT2D eigenvalue weighted by molar-refractivity contribution is 5.51. The van der Waals surface area contributed by atoms with Crippen LogP contribution in [-0.4, -0.2) is 0 Å². The molecule has 0 aliphatic heterocycles. The van der Waals surface area contributed by atoms with Crippen molar-refractivity contribution >= 4 is 0 Å². The zero-order valence-electron chi connectivity index (χ0n) is 15.9. The monoisotopic (exact) mass is 310 g/mol. The fraction of sp³-hybridized carbons (Fsp3) is 0.565. The lowest BCUT2D eigenvalue weighted by Gasteiger charge is -2.36. The van der Waals surface area contributed by atoms with Gasteiger partial charge in [-0.15, -0.1) is 0 Å². The minimum absolute atomic E-state index is 0.394. The Bertz CT molecular complexity index is 584. The summed E-state index contributed by atoms with van der Waals surface area (Å²) in [6, 6.07) is 0. The van der Waals surface area contributed by atoms with Gasteiger partial charge in [-0.1, -0.05) is 64.2 Å². The van der Waals surface area contributed by atoms with Gasteiger partial charge in [-0.3, -0.25) is 0 Å². The molecule has 0 bridgehead atoms. The van der Waals surface area contributed by atoms with Gasteiger partial charge in [-0.05, 0) is 79.1 Å². The molecule has 0 aromatic carbocycles. The van der Waals surface area contributed by atoms with E-state index >= 15 is 0 Å². The molecule has 0 spiro atoms. The minimum Gasteiger partial charge on any atom is -0.0958 e. The Morgan fingerprint density at radius 3 is 2.52 bits per heavy atom. The van der Waals surface area contributed by atoms with E-state index < -0.39 is 0 Å². The van der Waals surface area contributed by atoms with Crippen LogP contribution in [0.2, 0.25) is 0 Å². The van der Waals surface area contributed by atoms with E-state index in [4.69, 9.17) is 0 Å². The Balaban J connectivity index is 2.36. The Morgan fingerprint density at radius 2 is 1.96 bits per heavy atom. The van der Waals surface area contributed by atoms with Crippen molar-refractivity contribution in [1.29, 1.82) is 0 Å². The van der Waals surface area contributed by atoms with Crippen LogP contribution in [0.4, 0.5) is 0 Å². The van der Waals surface area contributed by atoms with Gasteiger partial charge >= 0.3 is 0 Å². The molecular formula is C23H34. The van der Waals surface area contributed by atoms with Crippen molar-refractivity contribution in [3.05, 3.63) is 58.7 Å². The van der Waals surface area contributed by atoms with Gasteiger partial charge in [0, 0.05) is 0 Å². The third-order valence-electron chi connectivity index (χ3n) is 5.68. The summed E-state index contributed by atoms with van der Waals surface area (Å²) >= 11 is 0. The van der Waals surface area contributed by atoms with Gasteiger partial charge in [0.25, 0.3) is 0 Å². The summed E-state index contributed by atoms with van der Waals surface area (Å²) < 4.78 is 0. The Morgan fingerprint density at radius 1 is 1.26 bits per heavy atom. The van der Waals surface area contributed by atoms with E-state index in [9.17, 15) is 0 Å². The first kappa shape index (κ1) is 18.0. The Labute approximate surface area is 143 Å². The molecule has 23 heavy (non-hydrogen) atoms. The lowest BCUT2D eigenvalue weighted by Crippen LogP contribution is -2.24. The first-order valence-corrected chi connectivity index (χ1v) is 9.19. The van der Waals surface area contributed by atoms with Crippen molar-refractivity contribution in [2.45, 2.75) is 73.1 Å². The van der Waals surface area contributed by atoms with E-state index in [-0.39, 0.29) is 0 Å². The van der Waals surface area contributed by atoms with Gasteiger partial charge in [0.2, 0.25) is 0 Å². The number of hydrogen-bond acceptors (Lipinski definition) is 0. The SMILES string of the molecule is C=C(C)C1=C/C(=C/C2=C(CC)CC[C@H](C(C)(C)C)C2)C(=C)CC1. The molecule has 2 aliphatic carbocycles. The fourth-order valence-electron chi connectivity index (χ4n) is 3.78. The van der Waals surface area contributed by atoms with Crippen molar-refractivity contribution in [2.75, 3.05) is 0 Å². The average Bonchev–Trinajstić information content (AvgIpc) is 2.48. The molecule has 0 saturated carbocycles. The van der Waals surface area contributed by atoms with Crippen molar-refractivity contribution < 1.29 is 0 Å². The highest BCUT2D eigenvalue weighted by atomic mass is 14.3. The second-order valence-corrected chi connectivity index (χ2v) is 8.44. The molecule has 0 radical (unpaired) electrons. The third-order valence-corrected chi connectivity index (χ3v) is 5.68. The van der Waals surface area contributed by atoms with Gasteiger partial charge in [0.05, 0.1) is 0 Å². The normalized spacial score (nSPS) is 24.9. The van der Waals surface area contributed by atoms with Crippen LogP contribution in [0.1, 0.15) is 73.1 Å². The lowest BCUT2D eigenvalue weighted by molar-refractivity contribution is 0.216. The minimum atomic E-state index is 0.394. The molecule has 0 nitrogen and oxygen atoms in total. The predicted octanol–water partition coefficient (Wildman–Crippen LogP) is 7.32. The quantitative estimate of drug-likeness (QED) is 0.512. The molecule has 0 N–H and O–H groups in total. The summed E-state index contributed by atoms with van der Waals surface area (Å²) in [4.78, 5) is 0. The summed E-state index contributed by atoms with van der Waals surface area (Å²) in [6.45, 7) is 20.0. The maximum atomic E-state index is 4.31. The zero-order chi connectivity index (χ0) is 17.2. The Kier molecular flexibility index (Phi) is 5.55. The van der Waals surface area contributed by atoms with Crippen LogP contribution >= 0.6 is 0 Å². The first-order valence-electron chi connectivity index (χ1n) is 9.19. The maximum absolute atomic E-state index is 4.31. The zero-order valence-corrected chi connectivity index (χ0v) is 15.9. The van der Waals surface area contributed by atoms with Gasteiger partial charge in [0.15, 0.2) is 0 Å². The summed E-state index contributed by atoms with van der Waals surface area (Å²) in [6.07, 6.45) is 11.9. The Hall–Kier alpha value is -1.30. The molecule has 0 fully saturated rings. The third kappa shape index (κ3) is 4.37. The van der Waals surface area contributed by atoms with E-state index in [0.29, 0.717) is 5.41 Å². The van der Waals surface area contributed by atoms with Gasteiger partial charge in [0.1, 0.15) is 0 Å². The van der Waals surface area contributed by atoms with Crippen LogP contribution in [0.15, 0.2) is 58.7 Å². The summed E-state index contributed by atoms with van der Waals surface area (Å²) in [5.74, 6) is 0.783. The first-order chi connectivity index (χ1) is 10.7. The van der Waals surface area contributed by atoms with Crippen molar-refractivity contribution in [2.24, 2.45) is 11.3 Å². The van der Waals surface area contributed by atoms with E-state index in [2.05, 4.69) is 59.9 Å². The lowest BCUT2D eigenvalue weighted by atomic mass is 9.70. The highest BCUT2D eigenvalue weighted by Crippen LogP contribution is 2.42. The highest BCUT2D eigenvalue weighted by Gasteiger charge is 2.29. The topological polar surface area (TPSA) is 0 Å². The summed E-state index contributed by atoms with van der Waals surface area (Å²) in [7, 11) is 0. The van der Waals surface area contributed by atoms with Crippen LogP contribution in [0.5, 0.6) is 0 Å². The van der Waals surface area contributed by atoms with E-state index in [1.54, 1.807) is 11.1 Å². The smallest absolute Gasteiger partial charge is 0.0225 e. The summed E-state index contributed by atoms with van der Waals surface area (Å²) in [5, 5.41) is 0. The average molecular weight is 311 g/mol. The van der Waals surface area contributed by atoms with Crippen LogP contribution in [0.25, 0.3) is 0 Å².